The van der Waals surface area contributed by atoms with Gasteiger partial charge < -0.3 is 10.1 Å². The van der Waals surface area contributed by atoms with Gasteiger partial charge >= 0.3 is 0 Å². The van der Waals surface area contributed by atoms with Gasteiger partial charge in [0, 0.05) is 30.9 Å². The van der Waals surface area contributed by atoms with Crippen LogP contribution in [0.1, 0.15) is 17.3 Å². The molecular formula is C19H16N6O2. The molecule has 0 amide bonds. The number of nitrogens with zero attached hydrogens (tertiary/aromatic N) is 5. The highest BCUT2D eigenvalue weighted by Crippen LogP contribution is 2.29. The highest BCUT2D eigenvalue weighted by Gasteiger charge is 2.12. The predicted octanol–water partition coefficient (Wildman–Crippen LogP) is 3.50. The summed E-state index contributed by atoms with van der Waals surface area (Å²) in [6.45, 7) is 1.48. The van der Waals surface area contributed by atoms with Gasteiger partial charge in [-0.3, -0.25) is 9.48 Å². The van der Waals surface area contributed by atoms with Crippen molar-refractivity contribution in [2.24, 2.45) is 7.05 Å². The standard InChI is InChI=1S/C19H16N6O2/c1-12(26)14-4-3-8-20-19(14)27-13-5-6-16-15(10-13)18(22-11-21-16)23-17-7-9-25(2)24-17/h3-11H,1-2H3,(H,21,22,23,24). The first-order chi connectivity index (χ1) is 13.1. The number of fused-ring (bicyclic) bond motifs is 1. The summed E-state index contributed by atoms with van der Waals surface area (Å²) in [6.07, 6.45) is 4.91. The SMILES string of the molecule is CC(=O)c1cccnc1Oc1ccc2ncnc(Nc3ccn(C)n3)c2c1. The van der Waals surface area contributed by atoms with Gasteiger partial charge in [0.1, 0.15) is 17.9 Å². The summed E-state index contributed by atoms with van der Waals surface area (Å²) in [7, 11) is 1.84. The Morgan fingerprint density at radius 3 is 2.81 bits per heavy atom. The number of anilines is 2. The summed E-state index contributed by atoms with van der Waals surface area (Å²) >= 11 is 0. The average molecular weight is 360 g/mol. The number of ether oxygens (including phenoxy) is 1. The van der Waals surface area contributed by atoms with Crippen molar-refractivity contribution in [1.29, 1.82) is 0 Å². The third-order valence-corrected chi connectivity index (χ3v) is 3.93. The molecule has 8 nitrogen and oxygen atoms in total. The van der Waals surface area contributed by atoms with Crippen molar-refractivity contribution in [2.75, 3.05) is 5.32 Å². The Kier molecular flexibility index (Phi) is 4.21. The molecule has 1 N–H and O–H groups in total. The maximum absolute atomic E-state index is 11.8. The first-order valence-corrected chi connectivity index (χ1v) is 8.25. The highest BCUT2D eigenvalue weighted by atomic mass is 16.5. The Balaban J connectivity index is 1.71. The summed E-state index contributed by atoms with van der Waals surface area (Å²) in [4.78, 5) is 24.5. The molecule has 0 atom stereocenters. The van der Waals surface area contributed by atoms with E-state index in [1.807, 2.05) is 25.4 Å². The number of Topliss-reactive ketones (excluding diaryl/α,β-unsaturated/α-hetero) is 1. The van der Waals surface area contributed by atoms with E-state index in [1.165, 1.54) is 13.3 Å². The summed E-state index contributed by atoms with van der Waals surface area (Å²) in [5.41, 5.74) is 1.18. The lowest BCUT2D eigenvalue weighted by molar-refractivity contribution is 0.101. The number of ketones is 1. The first-order valence-electron chi connectivity index (χ1n) is 8.25. The number of carbonyl (C=O) groups excluding carboxylic acids is 1. The molecule has 0 aliphatic carbocycles. The molecule has 3 heterocycles. The van der Waals surface area contributed by atoms with E-state index in [2.05, 4.69) is 25.4 Å². The minimum atomic E-state index is -0.111. The van der Waals surface area contributed by atoms with E-state index in [1.54, 1.807) is 35.1 Å². The highest BCUT2D eigenvalue weighted by molar-refractivity contribution is 5.96. The smallest absolute Gasteiger partial charge is 0.230 e. The van der Waals surface area contributed by atoms with Gasteiger partial charge in [-0.1, -0.05) is 0 Å². The van der Waals surface area contributed by atoms with Crippen LogP contribution in [0.5, 0.6) is 11.6 Å². The van der Waals surface area contributed by atoms with Crippen LogP contribution in [0, 0.1) is 0 Å². The molecule has 134 valence electrons. The quantitative estimate of drug-likeness (QED) is 0.544. The molecule has 0 spiro atoms. The minimum Gasteiger partial charge on any atom is -0.438 e. The molecule has 0 aliphatic rings. The van der Waals surface area contributed by atoms with Crippen molar-refractivity contribution in [1.82, 2.24) is 24.7 Å². The zero-order valence-corrected chi connectivity index (χ0v) is 14.7. The third-order valence-electron chi connectivity index (χ3n) is 3.93. The zero-order chi connectivity index (χ0) is 18.8. The van der Waals surface area contributed by atoms with Crippen LogP contribution in [-0.4, -0.2) is 30.5 Å². The van der Waals surface area contributed by atoms with E-state index < -0.39 is 0 Å². The van der Waals surface area contributed by atoms with Gasteiger partial charge in [-0.25, -0.2) is 15.0 Å². The summed E-state index contributed by atoms with van der Waals surface area (Å²) in [5.74, 6) is 1.96. The fourth-order valence-corrected chi connectivity index (χ4v) is 2.65. The molecule has 0 radical (unpaired) electrons. The summed E-state index contributed by atoms with van der Waals surface area (Å²) < 4.78 is 7.55. The topological polar surface area (TPSA) is 94.8 Å². The van der Waals surface area contributed by atoms with Gasteiger partial charge in [-0.15, -0.1) is 0 Å². The molecule has 0 bridgehead atoms. The molecule has 27 heavy (non-hydrogen) atoms. The molecule has 0 unspecified atom stereocenters. The Bertz CT molecular complexity index is 1140. The molecular weight excluding hydrogens is 344 g/mol. The Morgan fingerprint density at radius 1 is 1.15 bits per heavy atom. The third kappa shape index (κ3) is 3.45. The molecule has 4 aromatic rings. The lowest BCUT2D eigenvalue weighted by Gasteiger charge is -2.10. The van der Waals surface area contributed by atoms with Crippen molar-refractivity contribution in [3.8, 4) is 11.6 Å². The average Bonchev–Trinajstić information content (AvgIpc) is 3.07. The minimum absolute atomic E-state index is 0.111. The second-order valence-electron chi connectivity index (χ2n) is 5.92. The van der Waals surface area contributed by atoms with E-state index >= 15 is 0 Å². The van der Waals surface area contributed by atoms with E-state index in [0.29, 0.717) is 22.9 Å². The van der Waals surface area contributed by atoms with E-state index in [4.69, 9.17) is 4.74 Å². The van der Waals surface area contributed by atoms with Gasteiger partial charge in [0.05, 0.1) is 11.1 Å². The molecule has 0 saturated carbocycles. The van der Waals surface area contributed by atoms with Crippen LogP contribution in [0.15, 0.2) is 55.1 Å². The van der Waals surface area contributed by atoms with Crippen molar-refractivity contribution in [2.45, 2.75) is 6.92 Å². The number of hydrogen-bond acceptors (Lipinski definition) is 7. The number of aromatic nitrogens is 5. The molecule has 0 saturated heterocycles. The van der Waals surface area contributed by atoms with Crippen LogP contribution in [0.4, 0.5) is 11.6 Å². The molecule has 0 aliphatic heterocycles. The normalized spacial score (nSPS) is 10.7. The van der Waals surface area contributed by atoms with Gasteiger partial charge in [0.25, 0.3) is 0 Å². The number of pyridine rings is 1. The molecule has 8 heteroatoms. The lowest BCUT2D eigenvalue weighted by Crippen LogP contribution is -2.00. The van der Waals surface area contributed by atoms with Gasteiger partial charge in [0.2, 0.25) is 5.88 Å². The number of aryl methyl sites for hydroxylation is 1. The van der Waals surface area contributed by atoms with Crippen molar-refractivity contribution in [3.05, 3.63) is 60.7 Å². The molecule has 4 rings (SSSR count). The van der Waals surface area contributed by atoms with Crippen LogP contribution in [0.3, 0.4) is 0 Å². The van der Waals surface area contributed by atoms with Crippen LogP contribution in [0.25, 0.3) is 10.9 Å². The fraction of sp³-hybridized carbons (Fsp3) is 0.105. The van der Waals surface area contributed by atoms with Gasteiger partial charge in [-0.05, 0) is 37.3 Å². The Morgan fingerprint density at radius 2 is 2.04 bits per heavy atom. The fourth-order valence-electron chi connectivity index (χ4n) is 2.65. The van der Waals surface area contributed by atoms with Crippen LogP contribution in [0.2, 0.25) is 0 Å². The number of benzene rings is 1. The second-order valence-corrected chi connectivity index (χ2v) is 5.92. The number of rotatable bonds is 5. The van der Waals surface area contributed by atoms with Crippen molar-refractivity contribution in [3.63, 3.8) is 0 Å². The molecule has 0 fully saturated rings. The predicted molar refractivity (Wildman–Crippen MR) is 100 cm³/mol. The molecule has 1 aromatic carbocycles. The number of carbonyl (C=O) groups is 1. The maximum atomic E-state index is 11.8. The zero-order valence-electron chi connectivity index (χ0n) is 14.7. The summed E-state index contributed by atoms with van der Waals surface area (Å²) in [5, 5.41) is 8.25. The van der Waals surface area contributed by atoms with Crippen LogP contribution in [-0.2, 0) is 7.05 Å². The second kappa shape index (κ2) is 6.83. The first kappa shape index (κ1) is 16.6. The largest absolute Gasteiger partial charge is 0.438 e. The van der Waals surface area contributed by atoms with Crippen LogP contribution >= 0.6 is 0 Å². The summed E-state index contributed by atoms with van der Waals surface area (Å²) in [6, 6.07) is 10.6. The van der Waals surface area contributed by atoms with Crippen LogP contribution < -0.4 is 10.1 Å². The number of nitrogens with one attached hydrogen (secondary N) is 1. The number of hydrogen-bond donors (Lipinski definition) is 1. The molecule has 3 aromatic heterocycles. The van der Waals surface area contributed by atoms with Crippen molar-refractivity contribution >= 4 is 28.3 Å². The van der Waals surface area contributed by atoms with Gasteiger partial charge in [-0.2, -0.15) is 5.10 Å². The van der Waals surface area contributed by atoms with E-state index in [9.17, 15) is 4.79 Å². The van der Waals surface area contributed by atoms with Gasteiger partial charge in [0.15, 0.2) is 11.6 Å². The Hall–Kier alpha value is -3.81. The van der Waals surface area contributed by atoms with E-state index in [0.717, 1.165) is 10.9 Å². The Labute approximate surface area is 154 Å². The van der Waals surface area contributed by atoms with Crippen molar-refractivity contribution < 1.29 is 9.53 Å². The van der Waals surface area contributed by atoms with E-state index in [-0.39, 0.29) is 11.7 Å². The maximum Gasteiger partial charge on any atom is 0.230 e. The lowest BCUT2D eigenvalue weighted by atomic mass is 10.2. The monoisotopic (exact) mass is 360 g/mol.